The standard InChI is InChI=1S/C28H23BrClN3O9/c1-4-41-24-11-16(10-19(29)25(24)42-14-15-5-7-17(8-6-15)33(37)38)9-18-26(34)31-28(36)32(27(18)35)21-13-22(39-2)20(30)12-23(21)40-3/h5-13H,4,14H2,1-3H3,(H,31,34,36)/b18-9+. The van der Waals surface area contributed by atoms with Gasteiger partial charge in [0.2, 0.25) is 0 Å². The highest BCUT2D eigenvalue weighted by atomic mass is 79.9. The number of benzene rings is 3. The highest BCUT2D eigenvalue weighted by Gasteiger charge is 2.38. The fourth-order valence-electron chi connectivity index (χ4n) is 4.01. The molecule has 1 heterocycles. The van der Waals surface area contributed by atoms with Gasteiger partial charge in [0.25, 0.3) is 17.5 Å². The highest BCUT2D eigenvalue weighted by molar-refractivity contribution is 9.10. The molecule has 218 valence electrons. The lowest BCUT2D eigenvalue weighted by Gasteiger charge is -2.28. The van der Waals surface area contributed by atoms with Gasteiger partial charge in [0, 0.05) is 24.3 Å². The first kappa shape index (κ1) is 30.3. The summed E-state index contributed by atoms with van der Waals surface area (Å²) in [7, 11) is 2.71. The lowest BCUT2D eigenvalue weighted by molar-refractivity contribution is -0.384. The van der Waals surface area contributed by atoms with Crippen molar-refractivity contribution in [3.63, 3.8) is 0 Å². The van der Waals surface area contributed by atoms with E-state index in [2.05, 4.69) is 21.2 Å². The normalized spacial score (nSPS) is 14.1. The number of rotatable bonds is 10. The maximum Gasteiger partial charge on any atom is 0.336 e. The van der Waals surface area contributed by atoms with E-state index in [1.807, 2.05) is 0 Å². The molecule has 1 fully saturated rings. The smallest absolute Gasteiger partial charge is 0.336 e. The quantitative estimate of drug-likeness (QED) is 0.126. The van der Waals surface area contributed by atoms with E-state index in [1.54, 1.807) is 31.2 Å². The number of carbonyl (C=O) groups excluding carboxylic acids is 3. The largest absolute Gasteiger partial charge is 0.495 e. The van der Waals surface area contributed by atoms with Gasteiger partial charge in [-0.1, -0.05) is 11.6 Å². The number of nitro benzene ring substituents is 1. The van der Waals surface area contributed by atoms with Gasteiger partial charge in [0.05, 0.1) is 40.9 Å². The zero-order valence-corrected chi connectivity index (χ0v) is 24.8. The number of halogens is 2. The van der Waals surface area contributed by atoms with Gasteiger partial charge in [-0.2, -0.15) is 0 Å². The van der Waals surface area contributed by atoms with Crippen LogP contribution in [0.5, 0.6) is 23.0 Å². The van der Waals surface area contributed by atoms with Crippen molar-refractivity contribution >= 4 is 62.8 Å². The van der Waals surface area contributed by atoms with E-state index < -0.39 is 22.8 Å². The van der Waals surface area contributed by atoms with Crippen molar-refractivity contribution in [1.29, 1.82) is 0 Å². The van der Waals surface area contributed by atoms with Gasteiger partial charge in [-0.15, -0.1) is 0 Å². The Balaban J connectivity index is 1.67. The Labute approximate surface area is 253 Å². The molecule has 14 heteroatoms. The van der Waals surface area contributed by atoms with Gasteiger partial charge in [0.1, 0.15) is 23.7 Å². The first-order valence-electron chi connectivity index (χ1n) is 12.2. The van der Waals surface area contributed by atoms with Crippen molar-refractivity contribution < 1.29 is 38.3 Å². The molecule has 1 N–H and O–H groups in total. The number of non-ortho nitro benzene ring substituents is 1. The van der Waals surface area contributed by atoms with Crippen molar-refractivity contribution in [2.75, 3.05) is 25.7 Å². The molecule has 0 bridgehead atoms. The molecular formula is C28H23BrClN3O9. The molecule has 12 nitrogen and oxygen atoms in total. The number of anilines is 1. The van der Waals surface area contributed by atoms with Gasteiger partial charge in [-0.05, 0) is 64.3 Å². The van der Waals surface area contributed by atoms with E-state index in [-0.39, 0.29) is 46.7 Å². The monoisotopic (exact) mass is 659 g/mol. The van der Waals surface area contributed by atoms with Crippen molar-refractivity contribution in [3.8, 4) is 23.0 Å². The maximum atomic E-state index is 13.5. The van der Waals surface area contributed by atoms with Crippen molar-refractivity contribution in [3.05, 3.63) is 84.8 Å². The van der Waals surface area contributed by atoms with Crippen LogP contribution in [0.25, 0.3) is 6.08 Å². The Kier molecular flexibility index (Phi) is 9.33. The van der Waals surface area contributed by atoms with Crippen LogP contribution in [0.4, 0.5) is 16.2 Å². The minimum atomic E-state index is -0.976. The second-order valence-electron chi connectivity index (χ2n) is 8.59. The number of urea groups is 1. The van der Waals surface area contributed by atoms with Crippen LogP contribution in [0.3, 0.4) is 0 Å². The fourth-order valence-corrected chi connectivity index (χ4v) is 4.81. The molecule has 4 amide bonds. The zero-order valence-electron chi connectivity index (χ0n) is 22.4. The maximum absolute atomic E-state index is 13.5. The van der Waals surface area contributed by atoms with E-state index in [4.69, 9.17) is 30.5 Å². The van der Waals surface area contributed by atoms with Crippen LogP contribution < -0.4 is 29.2 Å². The summed E-state index contributed by atoms with van der Waals surface area (Å²) >= 11 is 9.62. The molecule has 0 spiro atoms. The first-order valence-corrected chi connectivity index (χ1v) is 13.4. The van der Waals surface area contributed by atoms with Gasteiger partial charge in [-0.25, -0.2) is 9.69 Å². The Morgan fingerprint density at radius 3 is 2.31 bits per heavy atom. The summed E-state index contributed by atoms with van der Waals surface area (Å²) in [6.07, 6.45) is 1.31. The molecule has 4 rings (SSSR count). The highest BCUT2D eigenvalue weighted by Crippen LogP contribution is 2.41. The number of hydrogen-bond donors (Lipinski definition) is 1. The number of nitro groups is 1. The predicted molar refractivity (Wildman–Crippen MR) is 156 cm³/mol. The SMILES string of the molecule is CCOc1cc(/C=C2\C(=O)NC(=O)N(c3cc(OC)c(Cl)cc3OC)C2=O)cc(Br)c1OCc1ccc([N+](=O)[O-])cc1. The summed E-state index contributed by atoms with van der Waals surface area (Å²) in [6, 6.07) is 10.9. The van der Waals surface area contributed by atoms with Crippen LogP contribution in [0.2, 0.25) is 5.02 Å². The molecule has 0 atom stereocenters. The Bertz CT molecular complexity index is 1610. The molecule has 0 saturated carbocycles. The van der Waals surface area contributed by atoms with Crippen LogP contribution in [-0.4, -0.2) is 43.6 Å². The third-order valence-electron chi connectivity index (χ3n) is 5.97. The molecule has 0 aliphatic carbocycles. The zero-order chi connectivity index (χ0) is 30.6. The molecular weight excluding hydrogens is 638 g/mol. The average molecular weight is 661 g/mol. The topological polar surface area (TPSA) is 147 Å². The van der Waals surface area contributed by atoms with Crippen molar-refractivity contribution in [2.45, 2.75) is 13.5 Å². The molecule has 42 heavy (non-hydrogen) atoms. The minimum absolute atomic E-state index is 0.0193. The number of amides is 4. The number of methoxy groups -OCH3 is 2. The van der Waals surface area contributed by atoms with Crippen molar-refractivity contribution in [2.24, 2.45) is 0 Å². The lowest BCUT2D eigenvalue weighted by atomic mass is 10.1. The summed E-state index contributed by atoms with van der Waals surface area (Å²) in [5.74, 6) is -0.861. The molecule has 1 aliphatic heterocycles. The van der Waals surface area contributed by atoms with E-state index in [0.29, 0.717) is 27.1 Å². The van der Waals surface area contributed by atoms with E-state index >= 15 is 0 Å². The van der Waals surface area contributed by atoms with Crippen molar-refractivity contribution in [1.82, 2.24) is 5.32 Å². The van der Waals surface area contributed by atoms with Crippen LogP contribution in [0.1, 0.15) is 18.1 Å². The number of nitrogens with zero attached hydrogens (tertiary/aromatic N) is 2. The molecule has 0 unspecified atom stereocenters. The number of nitrogens with one attached hydrogen (secondary N) is 1. The third kappa shape index (κ3) is 6.31. The van der Waals surface area contributed by atoms with Crippen LogP contribution >= 0.6 is 27.5 Å². The molecule has 0 aromatic heterocycles. The summed E-state index contributed by atoms with van der Waals surface area (Å²) in [6.45, 7) is 2.14. The number of hydrogen-bond acceptors (Lipinski definition) is 9. The van der Waals surface area contributed by atoms with E-state index in [9.17, 15) is 24.5 Å². The van der Waals surface area contributed by atoms with Crippen LogP contribution in [0.15, 0.2) is 58.6 Å². The minimum Gasteiger partial charge on any atom is -0.495 e. The number of barbiturate groups is 1. The molecule has 3 aromatic carbocycles. The third-order valence-corrected chi connectivity index (χ3v) is 6.85. The molecule has 1 saturated heterocycles. The Morgan fingerprint density at radius 1 is 1.00 bits per heavy atom. The number of carbonyl (C=O) groups is 3. The van der Waals surface area contributed by atoms with Crippen LogP contribution in [0, 0.1) is 10.1 Å². The first-order chi connectivity index (χ1) is 20.1. The Hall–Kier alpha value is -4.62. The predicted octanol–water partition coefficient (Wildman–Crippen LogP) is 5.67. The summed E-state index contributed by atoms with van der Waals surface area (Å²) in [5, 5.41) is 13.3. The van der Waals surface area contributed by atoms with Gasteiger partial charge >= 0.3 is 6.03 Å². The molecule has 3 aromatic rings. The van der Waals surface area contributed by atoms with E-state index in [1.165, 1.54) is 44.6 Å². The average Bonchev–Trinajstić information content (AvgIpc) is 2.95. The molecule has 0 radical (unpaired) electrons. The van der Waals surface area contributed by atoms with E-state index in [0.717, 1.165) is 4.90 Å². The lowest BCUT2D eigenvalue weighted by Crippen LogP contribution is -2.54. The summed E-state index contributed by atoms with van der Waals surface area (Å²) < 4.78 is 22.7. The number of ether oxygens (including phenoxy) is 4. The van der Waals surface area contributed by atoms with Gasteiger partial charge < -0.3 is 18.9 Å². The van der Waals surface area contributed by atoms with Crippen LogP contribution in [-0.2, 0) is 16.2 Å². The molecule has 1 aliphatic rings. The van der Waals surface area contributed by atoms with Gasteiger partial charge in [-0.3, -0.25) is 25.0 Å². The second-order valence-corrected chi connectivity index (χ2v) is 9.85. The number of imide groups is 2. The van der Waals surface area contributed by atoms with Gasteiger partial charge in [0.15, 0.2) is 11.5 Å². The second kappa shape index (κ2) is 12.9. The Morgan fingerprint density at radius 2 is 1.69 bits per heavy atom. The fraction of sp³-hybridized carbons (Fsp3) is 0.179. The summed E-state index contributed by atoms with van der Waals surface area (Å²) in [5.41, 5.74) is 0.721. The summed E-state index contributed by atoms with van der Waals surface area (Å²) in [4.78, 5) is 50.3.